The van der Waals surface area contributed by atoms with Gasteiger partial charge in [-0.1, -0.05) is 44.7 Å². The molecule has 0 nitrogen and oxygen atoms in total. The van der Waals surface area contributed by atoms with E-state index in [4.69, 9.17) is 0 Å². The van der Waals surface area contributed by atoms with E-state index in [9.17, 15) is 0 Å². The summed E-state index contributed by atoms with van der Waals surface area (Å²) in [5.41, 5.74) is 0. The summed E-state index contributed by atoms with van der Waals surface area (Å²) in [7, 11) is 2.51. The Bertz CT molecular complexity index is 108. The fourth-order valence-corrected chi connectivity index (χ4v) is 2.37. The molecule has 2 rings (SSSR count). The first-order chi connectivity index (χ1) is 5.47. The van der Waals surface area contributed by atoms with E-state index in [1.807, 2.05) is 0 Å². The maximum Gasteiger partial charge on any atom is 0.109 e. The first-order valence-electron chi connectivity index (χ1n) is 5.28. The van der Waals surface area contributed by atoms with Crippen LogP contribution in [0.1, 0.15) is 38.5 Å². The van der Waals surface area contributed by atoms with Crippen LogP contribution < -0.4 is 0 Å². The highest BCUT2D eigenvalue weighted by Crippen LogP contribution is 2.45. The van der Waals surface area contributed by atoms with Crippen molar-refractivity contribution in [1.82, 2.24) is 0 Å². The highest BCUT2D eigenvalue weighted by molar-refractivity contribution is 6.35. The topological polar surface area (TPSA) is 0 Å². The molecule has 0 aromatic rings. The van der Waals surface area contributed by atoms with Crippen LogP contribution in [0.25, 0.3) is 0 Å². The Morgan fingerprint density at radius 1 is 0.818 bits per heavy atom. The van der Waals surface area contributed by atoms with Crippen molar-refractivity contribution in [2.75, 3.05) is 0 Å². The maximum absolute atomic E-state index is 2.51. The van der Waals surface area contributed by atoms with E-state index in [0.717, 1.165) is 11.8 Å². The molecule has 0 aromatic heterocycles. The first-order valence-corrected chi connectivity index (χ1v) is 5.28. The molecular weight excluding hydrogens is 131 g/mol. The lowest BCUT2D eigenvalue weighted by Crippen LogP contribution is -1.94. The lowest BCUT2D eigenvalue weighted by atomic mass is 9.67. The molecule has 61 valence electrons. The summed E-state index contributed by atoms with van der Waals surface area (Å²) >= 11 is 0. The van der Waals surface area contributed by atoms with Crippen molar-refractivity contribution in [2.24, 2.45) is 11.8 Å². The Labute approximate surface area is 71.0 Å². The zero-order valence-corrected chi connectivity index (χ0v) is 7.39. The third-order valence-electron chi connectivity index (χ3n) is 3.29. The molecule has 2 fully saturated rings. The van der Waals surface area contributed by atoms with Crippen LogP contribution in [-0.2, 0) is 0 Å². The molecule has 1 heteroatoms. The first kappa shape index (κ1) is 7.70. The summed E-state index contributed by atoms with van der Waals surface area (Å²) in [5, 5.41) is 0. The van der Waals surface area contributed by atoms with Crippen molar-refractivity contribution in [3.63, 3.8) is 0 Å². The van der Waals surface area contributed by atoms with Gasteiger partial charge >= 0.3 is 0 Å². The lowest BCUT2D eigenvalue weighted by molar-refractivity contribution is 0.568. The van der Waals surface area contributed by atoms with Gasteiger partial charge in [-0.3, -0.25) is 0 Å². The van der Waals surface area contributed by atoms with Gasteiger partial charge in [-0.2, -0.15) is 0 Å². The molecule has 1 aliphatic carbocycles. The van der Waals surface area contributed by atoms with Crippen molar-refractivity contribution >= 4 is 7.28 Å². The molecule has 1 aliphatic heterocycles. The van der Waals surface area contributed by atoms with Crippen LogP contribution in [0, 0.1) is 11.8 Å². The third kappa shape index (κ3) is 2.25. The van der Waals surface area contributed by atoms with Crippen LogP contribution in [-0.4, -0.2) is 7.28 Å². The van der Waals surface area contributed by atoms with Gasteiger partial charge in [0.25, 0.3) is 0 Å². The summed E-state index contributed by atoms with van der Waals surface area (Å²) in [6.45, 7) is 0. The molecule has 0 aromatic carbocycles. The van der Waals surface area contributed by atoms with Crippen molar-refractivity contribution in [3.8, 4) is 0 Å². The van der Waals surface area contributed by atoms with E-state index in [1.165, 1.54) is 38.3 Å². The fraction of sp³-hybridized carbons (Fsp3) is 1.00. The summed E-state index contributed by atoms with van der Waals surface area (Å²) in [6.07, 6.45) is 11.9. The molecule has 0 N–H and O–H groups in total. The van der Waals surface area contributed by atoms with Gasteiger partial charge in [0.2, 0.25) is 0 Å². The predicted molar refractivity (Wildman–Crippen MR) is 50.1 cm³/mol. The minimum absolute atomic E-state index is 1.14. The normalized spacial score (nSPS) is 38.5. The van der Waals surface area contributed by atoms with Gasteiger partial charge in [0.05, 0.1) is 0 Å². The van der Waals surface area contributed by atoms with E-state index >= 15 is 0 Å². The van der Waals surface area contributed by atoms with Gasteiger partial charge in [0, 0.05) is 0 Å². The SMILES string of the molecule is [B]1CCCCCC2CC2CC1. The average molecular weight is 149 g/mol. The molecule has 2 atom stereocenters. The third-order valence-corrected chi connectivity index (χ3v) is 3.29. The van der Waals surface area contributed by atoms with Crippen molar-refractivity contribution in [1.29, 1.82) is 0 Å². The largest absolute Gasteiger partial charge is 0.109 e. The van der Waals surface area contributed by atoms with Gasteiger partial charge in [-0.25, -0.2) is 0 Å². The van der Waals surface area contributed by atoms with Gasteiger partial charge in [-0.15, -0.1) is 0 Å². The Morgan fingerprint density at radius 2 is 1.73 bits per heavy atom. The van der Waals surface area contributed by atoms with Crippen LogP contribution in [0.2, 0.25) is 12.6 Å². The Kier molecular flexibility index (Phi) is 2.55. The van der Waals surface area contributed by atoms with Crippen LogP contribution in [0.15, 0.2) is 0 Å². The maximum atomic E-state index is 2.51. The molecule has 1 saturated heterocycles. The second-order valence-electron chi connectivity index (χ2n) is 4.26. The average Bonchev–Trinajstić information content (AvgIpc) is 2.76. The molecule has 11 heavy (non-hydrogen) atoms. The number of hydrogen-bond acceptors (Lipinski definition) is 0. The van der Waals surface area contributed by atoms with Crippen molar-refractivity contribution in [3.05, 3.63) is 0 Å². The van der Waals surface area contributed by atoms with Gasteiger partial charge in [0.1, 0.15) is 7.28 Å². The van der Waals surface area contributed by atoms with Gasteiger partial charge in [0.15, 0.2) is 0 Å². The van der Waals surface area contributed by atoms with Gasteiger partial charge < -0.3 is 0 Å². The second kappa shape index (κ2) is 3.64. The van der Waals surface area contributed by atoms with E-state index < -0.39 is 0 Å². The summed E-state index contributed by atoms with van der Waals surface area (Å²) in [5.74, 6) is 2.30. The Hall–Kier alpha value is 0.0649. The minimum atomic E-state index is 1.14. The zero-order chi connectivity index (χ0) is 7.52. The molecule has 0 amide bonds. The highest BCUT2D eigenvalue weighted by Gasteiger charge is 2.35. The van der Waals surface area contributed by atoms with Crippen LogP contribution in [0.3, 0.4) is 0 Å². The van der Waals surface area contributed by atoms with Crippen molar-refractivity contribution < 1.29 is 0 Å². The van der Waals surface area contributed by atoms with Crippen LogP contribution in [0.5, 0.6) is 0 Å². The quantitative estimate of drug-likeness (QED) is 0.464. The predicted octanol–water partition coefficient (Wildman–Crippen LogP) is 3.13. The van der Waals surface area contributed by atoms with E-state index in [2.05, 4.69) is 7.28 Å². The molecule has 1 saturated carbocycles. The standard InChI is InChI=1S/C10H18B/c1-2-4-9-8-10(9)5-7-11-6-3-1/h9-10H,1-8H2. The van der Waals surface area contributed by atoms with Crippen LogP contribution >= 0.6 is 0 Å². The molecule has 2 unspecified atom stereocenters. The number of rotatable bonds is 0. The summed E-state index contributed by atoms with van der Waals surface area (Å²) < 4.78 is 0. The van der Waals surface area contributed by atoms with E-state index in [1.54, 1.807) is 12.8 Å². The molecule has 0 spiro atoms. The smallest absolute Gasteiger partial charge is 0.0803 e. The zero-order valence-electron chi connectivity index (χ0n) is 7.39. The Morgan fingerprint density at radius 3 is 2.73 bits per heavy atom. The fourth-order valence-electron chi connectivity index (χ4n) is 2.37. The molecular formula is C10H18B. The summed E-state index contributed by atoms with van der Waals surface area (Å²) in [4.78, 5) is 0. The second-order valence-corrected chi connectivity index (χ2v) is 4.26. The van der Waals surface area contributed by atoms with E-state index in [0.29, 0.717) is 0 Å². The highest BCUT2D eigenvalue weighted by atomic mass is 14.4. The van der Waals surface area contributed by atoms with Crippen LogP contribution in [0.4, 0.5) is 0 Å². The monoisotopic (exact) mass is 149 g/mol. The number of fused-ring (bicyclic) bond motifs is 1. The Balaban J connectivity index is 1.72. The molecule has 0 bridgehead atoms. The molecule has 2 aliphatic rings. The summed E-state index contributed by atoms with van der Waals surface area (Å²) in [6, 6.07) is 0. The lowest BCUT2D eigenvalue weighted by Gasteiger charge is -2.04. The minimum Gasteiger partial charge on any atom is -0.0803 e. The molecule has 1 heterocycles. The van der Waals surface area contributed by atoms with Gasteiger partial charge in [-0.05, 0) is 18.3 Å². The molecule has 1 radical (unpaired) electrons. The van der Waals surface area contributed by atoms with Crippen molar-refractivity contribution in [2.45, 2.75) is 51.2 Å². The van der Waals surface area contributed by atoms with E-state index in [-0.39, 0.29) is 0 Å². The number of hydrogen-bond donors (Lipinski definition) is 0.